The quantitative estimate of drug-likeness (QED) is 0.705. The van der Waals surface area contributed by atoms with Gasteiger partial charge in [0.15, 0.2) is 5.11 Å². The minimum Gasteiger partial charge on any atom is -0.389 e. The number of hydrogen-bond donors (Lipinski definition) is 3. The van der Waals surface area contributed by atoms with Crippen molar-refractivity contribution in [2.45, 2.75) is 26.4 Å². The Bertz CT molecular complexity index is 353. The lowest BCUT2D eigenvalue weighted by Crippen LogP contribution is -2.28. The molecular weight excluding hydrogens is 220 g/mol. The molecule has 1 aromatic rings. The summed E-state index contributed by atoms with van der Waals surface area (Å²) in [4.78, 5) is 0. The Labute approximate surface area is 102 Å². The van der Waals surface area contributed by atoms with Crippen molar-refractivity contribution >= 4 is 23.0 Å². The molecule has 0 aromatic heterocycles. The fraction of sp³-hybridized carbons (Fsp3) is 0.417. The molecule has 0 unspecified atom stereocenters. The van der Waals surface area contributed by atoms with Crippen molar-refractivity contribution in [1.29, 1.82) is 0 Å². The second-order valence-corrected chi connectivity index (χ2v) is 4.09. The van der Waals surface area contributed by atoms with Crippen LogP contribution in [-0.4, -0.2) is 16.8 Å². The molecule has 3 nitrogen and oxygen atoms in total. The number of thiocarbonyl (C=S) groups is 1. The van der Waals surface area contributed by atoms with Crippen LogP contribution in [0.2, 0.25) is 0 Å². The van der Waals surface area contributed by atoms with Crippen LogP contribution >= 0.6 is 12.2 Å². The summed E-state index contributed by atoms with van der Waals surface area (Å²) >= 11 is 5.13. The van der Waals surface area contributed by atoms with Gasteiger partial charge in [-0.3, -0.25) is 0 Å². The van der Waals surface area contributed by atoms with E-state index in [1.54, 1.807) is 6.92 Å². The van der Waals surface area contributed by atoms with E-state index in [9.17, 15) is 5.11 Å². The van der Waals surface area contributed by atoms with Crippen LogP contribution in [0.3, 0.4) is 0 Å². The van der Waals surface area contributed by atoms with Crippen molar-refractivity contribution in [3.05, 3.63) is 29.8 Å². The van der Waals surface area contributed by atoms with Gasteiger partial charge in [-0.25, -0.2) is 0 Å². The maximum Gasteiger partial charge on any atom is 0.170 e. The summed E-state index contributed by atoms with van der Waals surface area (Å²) in [5.41, 5.74) is 1.77. The Morgan fingerprint density at radius 2 is 2.25 bits per heavy atom. The van der Waals surface area contributed by atoms with Gasteiger partial charge in [0.25, 0.3) is 0 Å². The van der Waals surface area contributed by atoms with Gasteiger partial charge in [0.1, 0.15) is 0 Å². The Hall–Kier alpha value is -1.13. The van der Waals surface area contributed by atoms with Crippen LogP contribution in [0.5, 0.6) is 0 Å². The molecule has 4 heteroatoms. The Kier molecular flexibility index (Phi) is 5.22. The van der Waals surface area contributed by atoms with Crippen LogP contribution in [0, 0.1) is 0 Å². The van der Waals surface area contributed by atoms with Gasteiger partial charge in [0.05, 0.1) is 6.10 Å². The van der Waals surface area contributed by atoms with Gasteiger partial charge in [-0.2, -0.15) is 0 Å². The Morgan fingerprint density at radius 1 is 1.50 bits per heavy atom. The molecule has 3 N–H and O–H groups in total. The zero-order chi connectivity index (χ0) is 12.0. The highest BCUT2D eigenvalue weighted by molar-refractivity contribution is 7.80. The summed E-state index contributed by atoms with van der Waals surface area (Å²) in [7, 11) is 0. The molecule has 0 amide bonds. The van der Waals surface area contributed by atoms with E-state index in [1.165, 1.54) is 0 Å². The monoisotopic (exact) mass is 238 g/mol. The van der Waals surface area contributed by atoms with Crippen molar-refractivity contribution in [2.75, 3.05) is 11.9 Å². The number of aliphatic hydroxyl groups is 1. The Balaban J connectivity index is 2.59. The molecular formula is C12H18N2OS. The van der Waals surface area contributed by atoms with Gasteiger partial charge < -0.3 is 15.7 Å². The van der Waals surface area contributed by atoms with Gasteiger partial charge in [0, 0.05) is 12.2 Å². The van der Waals surface area contributed by atoms with E-state index in [1.807, 2.05) is 24.3 Å². The highest BCUT2D eigenvalue weighted by atomic mass is 32.1. The van der Waals surface area contributed by atoms with E-state index in [2.05, 4.69) is 17.6 Å². The first-order valence-electron chi connectivity index (χ1n) is 5.46. The summed E-state index contributed by atoms with van der Waals surface area (Å²) in [6, 6.07) is 7.60. The average molecular weight is 238 g/mol. The molecule has 0 bridgehead atoms. The first-order valence-corrected chi connectivity index (χ1v) is 5.87. The van der Waals surface area contributed by atoms with Crippen molar-refractivity contribution in [2.24, 2.45) is 0 Å². The SMILES string of the molecule is CCCNC(=S)Nc1cccc([C@H](C)O)c1. The van der Waals surface area contributed by atoms with Crippen molar-refractivity contribution in [3.8, 4) is 0 Å². The molecule has 0 aliphatic carbocycles. The van der Waals surface area contributed by atoms with Crippen molar-refractivity contribution in [3.63, 3.8) is 0 Å². The summed E-state index contributed by atoms with van der Waals surface area (Å²) in [5, 5.41) is 16.2. The van der Waals surface area contributed by atoms with Crippen molar-refractivity contribution < 1.29 is 5.11 Å². The third kappa shape index (κ3) is 4.16. The zero-order valence-electron chi connectivity index (χ0n) is 9.66. The van der Waals surface area contributed by atoms with Gasteiger partial charge >= 0.3 is 0 Å². The summed E-state index contributed by atoms with van der Waals surface area (Å²) in [6.45, 7) is 4.69. The Morgan fingerprint density at radius 3 is 2.88 bits per heavy atom. The lowest BCUT2D eigenvalue weighted by Gasteiger charge is -2.11. The molecule has 0 saturated carbocycles. The number of rotatable bonds is 4. The third-order valence-electron chi connectivity index (χ3n) is 2.16. The van der Waals surface area contributed by atoms with Crippen LogP contribution in [0.15, 0.2) is 24.3 Å². The highest BCUT2D eigenvalue weighted by Crippen LogP contribution is 2.16. The fourth-order valence-electron chi connectivity index (χ4n) is 1.29. The van der Waals surface area contributed by atoms with Crippen LogP contribution in [0.25, 0.3) is 0 Å². The van der Waals surface area contributed by atoms with Crippen LogP contribution < -0.4 is 10.6 Å². The predicted octanol–water partition coefficient (Wildman–Crippen LogP) is 2.44. The van der Waals surface area contributed by atoms with E-state index in [4.69, 9.17) is 12.2 Å². The van der Waals surface area contributed by atoms with Gasteiger partial charge in [-0.15, -0.1) is 0 Å². The first-order chi connectivity index (χ1) is 7.63. The molecule has 1 atom stereocenters. The topological polar surface area (TPSA) is 44.3 Å². The summed E-state index contributed by atoms with van der Waals surface area (Å²) in [6.07, 6.45) is 0.578. The lowest BCUT2D eigenvalue weighted by molar-refractivity contribution is 0.199. The maximum atomic E-state index is 9.45. The number of anilines is 1. The zero-order valence-corrected chi connectivity index (χ0v) is 10.5. The molecule has 0 saturated heterocycles. The average Bonchev–Trinajstić information content (AvgIpc) is 2.26. The molecule has 0 spiro atoms. The van der Waals surface area contributed by atoms with Gasteiger partial charge in [0.2, 0.25) is 0 Å². The van der Waals surface area contributed by atoms with Gasteiger partial charge in [-0.05, 0) is 43.3 Å². The number of aliphatic hydroxyl groups excluding tert-OH is 1. The van der Waals surface area contributed by atoms with Gasteiger partial charge in [-0.1, -0.05) is 19.1 Å². The molecule has 0 fully saturated rings. The number of benzene rings is 1. The van der Waals surface area contributed by atoms with E-state index in [0.29, 0.717) is 5.11 Å². The van der Waals surface area contributed by atoms with E-state index < -0.39 is 6.10 Å². The molecule has 0 aliphatic rings. The normalized spacial score (nSPS) is 11.9. The lowest BCUT2D eigenvalue weighted by atomic mass is 10.1. The molecule has 16 heavy (non-hydrogen) atoms. The van der Waals surface area contributed by atoms with Crippen LogP contribution in [0.1, 0.15) is 31.9 Å². The molecule has 1 aromatic carbocycles. The minimum atomic E-state index is -0.459. The van der Waals surface area contributed by atoms with E-state index >= 15 is 0 Å². The summed E-state index contributed by atoms with van der Waals surface area (Å²) in [5.74, 6) is 0. The number of hydrogen-bond acceptors (Lipinski definition) is 2. The maximum absolute atomic E-state index is 9.45. The standard InChI is InChI=1S/C12H18N2OS/c1-3-7-13-12(16)14-11-6-4-5-10(8-11)9(2)15/h4-6,8-9,15H,3,7H2,1-2H3,(H2,13,14,16)/t9-/m0/s1. The third-order valence-corrected chi connectivity index (χ3v) is 2.41. The fourth-order valence-corrected chi connectivity index (χ4v) is 1.51. The molecule has 0 radical (unpaired) electrons. The molecule has 88 valence electrons. The first kappa shape index (κ1) is 12.9. The summed E-state index contributed by atoms with van der Waals surface area (Å²) < 4.78 is 0. The predicted molar refractivity (Wildman–Crippen MR) is 71.6 cm³/mol. The van der Waals surface area contributed by atoms with Crippen LogP contribution in [0.4, 0.5) is 5.69 Å². The molecule has 0 aliphatic heterocycles. The molecule has 1 rings (SSSR count). The molecule has 0 heterocycles. The van der Waals surface area contributed by atoms with Crippen molar-refractivity contribution in [1.82, 2.24) is 5.32 Å². The van der Waals surface area contributed by atoms with Crippen LogP contribution in [-0.2, 0) is 0 Å². The number of nitrogens with one attached hydrogen (secondary N) is 2. The minimum absolute atomic E-state index is 0.459. The van der Waals surface area contributed by atoms with E-state index in [0.717, 1.165) is 24.2 Å². The smallest absolute Gasteiger partial charge is 0.170 e. The largest absolute Gasteiger partial charge is 0.389 e. The second kappa shape index (κ2) is 6.45. The van der Waals surface area contributed by atoms with E-state index in [-0.39, 0.29) is 0 Å². The second-order valence-electron chi connectivity index (χ2n) is 3.68. The highest BCUT2D eigenvalue weighted by Gasteiger charge is 2.02.